The summed E-state index contributed by atoms with van der Waals surface area (Å²) >= 11 is 0. The van der Waals surface area contributed by atoms with E-state index in [1.807, 2.05) is 48.5 Å². The molecule has 0 fully saturated rings. The summed E-state index contributed by atoms with van der Waals surface area (Å²) in [4.78, 5) is 0. The fraction of sp³-hybridized carbons (Fsp3) is 0.294. The first-order chi connectivity index (χ1) is 9.76. The van der Waals surface area contributed by atoms with E-state index in [2.05, 4.69) is 0 Å². The molecule has 0 unspecified atom stereocenters. The molecular weight excluding hydrogens is 252 g/mol. The molecule has 0 aliphatic carbocycles. The van der Waals surface area contributed by atoms with Crippen LogP contribution in [0.25, 0.3) is 0 Å². The minimum Gasteiger partial charge on any atom is -0.497 e. The molecule has 0 saturated heterocycles. The highest BCUT2D eigenvalue weighted by atomic mass is 16.5. The molecule has 0 aromatic heterocycles. The van der Waals surface area contributed by atoms with Gasteiger partial charge in [0.15, 0.2) is 0 Å². The van der Waals surface area contributed by atoms with Gasteiger partial charge in [-0.15, -0.1) is 0 Å². The fourth-order valence-electron chi connectivity index (χ4n) is 2.21. The van der Waals surface area contributed by atoms with E-state index in [9.17, 15) is 5.11 Å². The highest BCUT2D eigenvalue weighted by Gasteiger charge is 2.11. The average Bonchev–Trinajstić information content (AvgIpc) is 2.53. The van der Waals surface area contributed by atoms with Crippen molar-refractivity contribution in [3.63, 3.8) is 0 Å². The quantitative estimate of drug-likeness (QED) is 0.878. The predicted octanol–water partition coefficient (Wildman–Crippen LogP) is 3.02. The van der Waals surface area contributed by atoms with E-state index in [1.165, 1.54) is 5.56 Å². The van der Waals surface area contributed by atoms with Crippen LogP contribution in [0.3, 0.4) is 0 Å². The summed E-state index contributed by atoms with van der Waals surface area (Å²) in [7, 11) is 3.30. The molecular formula is C17H20O3. The van der Waals surface area contributed by atoms with Crippen LogP contribution in [0.2, 0.25) is 0 Å². The van der Waals surface area contributed by atoms with Crippen LogP contribution in [-0.2, 0) is 6.42 Å². The number of aliphatic hydroxyl groups is 1. The van der Waals surface area contributed by atoms with Crippen LogP contribution in [0.1, 0.15) is 17.0 Å². The van der Waals surface area contributed by atoms with E-state index < -0.39 is 0 Å². The van der Waals surface area contributed by atoms with Crippen LogP contribution < -0.4 is 9.47 Å². The summed E-state index contributed by atoms with van der Waals surface area (Å²) in [5, 5.41) is 9.61. The Bertz CT molecular complexity index is 517. The third-order valence-corrected chi connectivity index (χ3v) is 3.45. The lowest BCUT2D eigenvalue weighted by molar-refractivity contribution is 0.264. The number of rotatable bonds is 6. The van der Waals surface area contributed by atoms with Gasteiger partial charge in [-0.25, -0.2) is 0 Å². The van der Waals surface area contributed by atoms with E-state index in [0.717, 1.165) is 23.5 Å². The summed E-state index contributed by atoms with van der Waals surface area (Å²) in [6, 6.07) is 15.8. The van der Waals surface area contributed by atoms with Gasteiger partial charge in [0.25, 0.3) is 0 Å². The summed E-state index contributed by atoms with van der Waals surface area (Å²) < 4.78 is 10.3. The first-order valence-electron chi connectivity index (χ1n) is 6.64. The van der Waals surface area contributed by atoms with Gasteiger partial charge in [-0.2, -0.15) is 0 Å². The maximum atomic E-state index is 9.61. The highest BCUT2D eigenvalue weighted by molar-refractivity contribution is 5.32. The molecule has 106 valence electrons. The van der Waals surface area contributed by atoms with Gasteiger partial charge in [-0.3, -0.25) is 0 Å². The van der Waals surface area contributed by atoms with Crippen LogP contribution in [0.15, 0.2) is 48.5 Å². The average molecular weight is 272 g/mol. The molecule has 0 aliphatic rings. The molecule has 0 heterocycles. The first kappa shape index (κ1) is 14.4. The molecule has 0 aliphatic heterocycles. The van der Waals surface area contributed by atoms with Crippen molar-refractivity contribution in [2.24, 2.45) is 0 Å². The van der Waals surface area contributed by atoms with E-state index in [1.54, 1.807) is 14.2 Å². The monoisotopic (exact) mass is 272 g/mol. The molecule has 0 radical (unpaired) electrons. The minimum atomic E-state index is 0.0919. The van der Waals surface area contributed by atoms with Crippen LogP contribution in [0.4, 0.5) is 0 Å². The lowest BCUT2D eigenvalue weighted by atomic mass is 9.92. The second-order valence-electron chi connectivity index (χ2n) is 4.70. The van der Waals surface area contributed by atoms with Gasteiger partial charge >= 0.3 is 0 Å². The number of aliphatic hydroxyl groups excluding tert-OH is 1. The van der Waals surface area contributed by atoms with Crippen LogP contribution >= 0.6 is 0 Å². The molecule has 0 bridgehead atoms. The zero-order chi connectivity index (χ0) is 14.4. The van der Waals surface area contributed by atoms with Crippen molar-refractivity contribution >= 4 is 0 Å². The number of benzene rings is 2. The molecule has 3 heteroatoms. The molecule has 0 amide bonds. The Hall–Kier alpha value is -2.00. The second-order valence-corrected chi connectivity index (χ2v) is 4.70. The van der Waals surface area contributed by atoms with Crippen molar-refractivity contribution in [1.29, 1.82) is 0 Å². The van der Waals surface area contributed by atoms with Gasteiger partial charge in [0.1, 0.15) is 11.5 Å². The molecule has 0 saturated carbocycles. The van der Waals surface area contributed by atoms with Gasteiger partial charge in [-0.1, -0.05) is 24.3 Å². The van der Waals surface area contributed by atoms with Crippen molar-refractivity contribution in [1.82, 2.24) is 0 Å². The zero-order valence-electron chi connectivity index (χ0n) is 11.9. The number of hydrogen-bond donors (Lipinski definition) is 1. The van der Waals surface area contributed by atoms with Crippen molar-refractivity contribution in [2.45, 2.75) is 12.3 Å². The first-order valence-corrected chi connectivity index (χ1v) is 6.64. The maximum absolute atomic E-state index is 9.61. The Morgan fingerprint density at radius 3 is 1.80 bits per heavy atom. The predicted molar refractivity (Wildman–Crippen MR) is 79.5 cm³/mol. The summed E-state index contributed by atoms with van der Waals surface area (Å²) in [6.07, 6.45) is 0.798. The molecule has 3 nitrogen and oxygen atoms in total. The van der Waals surface area contributed by atoms with Crippen molar-refractivity contribution in [3.8, 4) is 11.5 Å². The van der Waals surface area contributed by atoms with Crippen molar-refractivity contribution < 1.29 is 14.6 Å². The molecule has 2 rings (SSSR count). The van der Waals surface area contributed by atoms with Crippen LogP contribution in [-0.4, -0.2) is 25.9 Å². The highest BCUT2D eigenvalue weighted by Crippen LogP contribution is 2.24. The minimum absolute atomic E-state index is 0.0919. The molecule has 1 N–H and O–H groups in total. The summed E-state index contributed by atoms with van der Waals surface area (Å²) in [5.41, 5.74) is 2.30. The number of methoxy groups -OCH3 is 2. The SMILES string of the molecule is COc1ccc(C[C@@H](CO)c2ccc(OC)cc2)cc1. The Morgan fingerprint density at radius 1 is 0.850 bits per heavy atom. The summed E-state index contributed by atoms with van der Waals surface area (Å²) in [6.45, 7) is 0.123. The molecule has 2 aromatic rings. The summed E-state index contributed by atoms with van der Waals surface area (Å²) in [5.74, 6) is 1.77. The lowest BCUT2D eigenvalue weighted by Gasteiger charge is -2.15. The molecule has 1 atom stereocenters. The smallest absolute Gasteiger partial charge is 0.118 e. The van der Waals surface area contributed by atoms with Gasteiger partial charge < -0.3 is 14.6 Å². The third-order valence-electron chi connectivity index (χ3n) is 3.45. The number of ether oxygens (including phenoxy) is 2. The second kappa shape index (κ2) is 6.96. The molecule has 2 aromatic carbocycles. The van der Waals surface area contributed by atoms with E-state index >= 15 is 0 Å². The third kappa shape index (κ3) is 3.52. The van der Waals surface area contributed by atoms with Gasteiger partial charge in [0, 0.05) is 5.92 Å². The van der Waals surface area contributed by atoms with Crippen molar-refractivity contribution in [3.05, 3.63) is 59.7 Å². The topological polar surface area (TPSA) is 38.7 Å². The standard InChI is InChI=1S/C17H20O3/c1-19-16-7-3-13(4-8-16)11-15(12-18)14-5-9-17(20-2)10-6-14/h3-10,15,18H,11-12H2,1-2H3/t15-/m0/s1. The Labute approximate surface area is 119 Å². The zero-order valence-corrected chi connectivity index (χ0v) is 11.9. The van der Waals surface area contributed by atoms with E-state index in [4.69, 9.17) is 9.47 Å². The van der Waals surface area contributed by atoms with Gasteiger partial charge in [-0.05, 0) is 41.8 Å². The number of hydrogen-bond acceptors (Lipinski definition) is 3. The maximum Gasteiger partial charge on any atom is 0.118 e. The van der Waals surface area contributed by atoms with Crippen LogP contribution in [0.5, 0.6) is 11.5 Å². The molecule has 0 spiro atoms. The largest absolute Gasteiger partial charge is 0.497 e. The Kier molecular flexibility index (Phi) is 5.02. The Balaban J connectivity index is 2.10. The lowest BCUT2D eigenvalue weighted by Crippen LogP contribution is -2.07. The van der Waals surface area contributed by atoms with Gasteiger partial charge in [0.2, 0.25) is 0 Å². The molecule has 20 heavy (non-hydrogen) atoms. The Morgan fingerprint density at radius 2 is 1.35 bits per heavy atom. The van der Waals surface area contributed by atoms with E-state index in [-0.39, 0.29) is 12.5 Å². The van der Waals surface area contributed by atoms with E-state index in [0.29, 0.717) is 0 Å². The van der Waals surface area contributed by atoms with Crippen molar-refractivity contribution in [2.75, 3.05) is 20.8 Å². The normalized spacial score (nSPS) is 11.9. The van der Waals surface area contributed by atoms with Crippen LogP contribution in [0, 0.1) is 0 Å². The fourth-order valence-corrected chi connectivity index (χ4v) is 2.21. The van der Waals surface area contributed by atoms with Gasteiger partial charge in [0.05, 0.1) is 20.8 Å².